The van der Waals surface area contributed by atoms with Crippen molar-refractivity contribution in [2.24, 2.45) is 0 Å². The first-order valence-corrected chi connectivity index (χ1v) is 8.49. The topological polar surface area (TPSA) is 47.6 Å². The van der Waals surface area contributed by atoms with Crippen molar-refractivity contribution in [2.75, 3.05) is 6.61 Å². The van der Waals surface area contributed by atoms with Gasteiger partial charge in [0.2, 0.25) is 0 Å². The van der Waals surface area contributed by atoms with Crippen LogP contribution < -0.4 is 14.8 Å². The number of para-hydroxylation sites is 1. The van der Waals surface area contributed by atoms with Crippen LogP contribution in [0.2, 0.25) is 0 Å². The molecule has 24 heavy (non-hydrogen) atoms. The van der Waals surface area contributed by atoms with Crippen molar-refractivity contribution in [1.82, 2.24) is 5.32 Å². The first kappa shape index (κ1) is 17.9. The van der Waals surface area contributed by atoms with Crippen molar-refractivity contribution in [1.29, 1.82) is 0 Å². The van der Waals surface area contributed by atoms with Crippen LogP contribution in [-0.2, 0) is 0 Å². The van der Waals surface area contributed by atoms with E-state index >= 15 is 0 Å². The highest BCUT2D eigenvalue weighted by Gasteiger charge is 2.14. The van der Waals surface area contributed by atoms with Gasteiger partial charge in [-0.3, -0.25) is 0 Å². The standard InChI is InChI=1S/C20H25NO3/c1-3-5-15-23-17-13-11-16(12-14-17)19(4-2)21-20(22)24-18-9-7-6-8-10-18/h6-14,19H,3-5,15H2,1-2H3,(H,21,22). The first-order chi connectivity index (χ1) is 11.7. The maximum Gasteiger partial charge on any atom is 0.413 e. The third-order valence-electron chi connectivity index (χ3n) is 3.70. The molecule has 0 spiro atoms. The summed E-state index contributed by atoms with van der Waals surface area (Å²) in [7, 11) is 0. The first-order valence-electron chi connectivity index (χ1n) is 8.49. The molecule has 4 heteroatoms. The van der Waals surface area contributed by atoms with E-state index in [9.17, 15) is 4.79 Å². The van der Waals surface area contributed by atoms with Gasteiger partial charge in [0.15, 0.2) is 0 Å². The molecule has 128 valence electrons. The monoisotopic (exact) mass is 327 g/mol. The summed E-state index contributed by atoms with van der Waals surface area (Å²) in [6, 6.07) is 16.8. The highest BCUT2D eigenvalue weighted by molar-refractivity contribution is 5.70. The second-order valence-electron chi connectivity index (χ2n) is 5.58. The van der Waals surface area contributed by atoms with E-state index in [1.807, 2.05) is 49.4 Å². The van der Waals surface area contributed by atoms with E-state index in [1.54, 1.807) is 12.1 Å². The Morgan fingerprint density at radius 2 is 1.71 bits per heavy atom. The number of hydrogen-bond donors (Lipinski definition) is 1. The fourth-order valence-electron chi connectivity index (χ4n) is 2.32. The number of rotatable bonds is 8. The number of hydrogen-bond acceptors (Lipinski definition) is 3. The summed E-state index contributed by atoms with van der Waals surface area (Å²) in [5, 5.41) is 2.90. The minimum Gasteiger partial charge on any atom is -0.494 e. The summed E-state index contributed by atoms with van der Waals surface area (Å²) < 4.78 is 10.9. The summed E-state index contributed by atoms with van der Waals surface area (Å²) in [5.41, 5.74) is 1.03. The third kappa shape index (κ3) is 5.61. The van der Waals surface area contributed by atoms with Gasteiger partial charge in [-0.2, -0.15) is 0 Å². The Hall–Kier alpha value is -2.49. The quantitative estimate of drug-likeness (QED) is 0.686. The van der Waals surface area contributed by atoms with E-state index in [4.69, 9.17) is 9.47 Å². The van der Waals surface area contributed by atoms with E-state index < -0.39 is 6.09 Å². The molecule has 0 heterocycles. The molecule has 2 aromatic carbocycles. The summed E-state index contributed by atoms with van der Waals surface area (Å²) in [5.74, 6) is 1.39. The average molecular weight is 327 g/mol. The Morgan fingerprint density at radius 3 is 2.33 bits per heavy atom. The van der Waals surface area contributed by atoms with Gasteiger partial charge in [0.1, 0.15) is 11.5 Å². The number of ether oxygens (including phenoxy) is 2. The van der Waals surface area contributed by atoms with Gasteiger partial charge in [0, 0.05) is 0 Å². The molecule has 1 atom stereocenters. The minimum atomic E-state index is -0.448. The van der Waals surface area contributed by atoms with Gasteiger partial charge in [0.25, 0.3) is 0 Å². The van der Waals surface area contributed by atoms with Crippen LogP contribution in [0.15, 0.2) is 54.6 Å². The highest BCUT2D eigenvalue weighted by atomic mass is 16.6. The van der Waals surface area contributed by atoms with Gasteiger partial charge in [0.05, 0.1) is 12.6 Å². The maximum absolute atomic E-state index is 12.0. The number of nitrogens with one attached hydrogen (secondary N) is 1. The fourth-order valence-corrected chi connectivity index (χ4v) is 2.32. The molecule has 0 saturated heterocycles. The molecule has 4 nitrogen and oxygen atoms in total. The zero-order valence-corrected chi connectivity index (χ0v) is 14.3. The van der Waals surface area contributed by atoms with Crippen molar-refractivity contribution in [3.05, 3.63) is 60.2 Å². The largest absolute Gasteiger partial charge is 0.494 e. The summed E-state index contributed by atoms with van der Waals surface area (Å²) in [6.45, 7) is 4.90. The van der Waals surface area contributed by atoms with Crippen LogP contribution in [0.5, 0.6) is 11.5 Å². The van der Waals surface area contributed by atoms with E-state index in [0.717, 1.165) is 37.2 Å². The third-order valence-corrected chi connectivity index (χ3v) is 3.70. The molecule has 0 saturated carbocycles. The van der Waals surface area contributed by atoms with Gasteiger partial charge >= 0.3 is 6.09 Å². The molecule has 0 aliphatic heterocycles. The molecule has 1 unspecified atom stereocenters. The van der Waals surface area contributed by atoms with E-state index in [0.29, 0.717) is 5.75 Å². The van der Waals surface area contributed by atoms with Crippen molar-refractivity contribution in [3.8, 4) is 11.5 Å². The van der Waals surface area contributed by atoms with Crippen molar-refractivity contribution >= 4 is 6.09 Å². The summed E-state index contributed by atoms with van der Waals surface area (Å²) in [6.07, 6.45) is 2.49. The zero-order chi connectivity index (χ0) is 17.2. The molecule has 2 aromatic rings. The van der Waals surface area contributed by atoms with Gasteiger partial charge in [-0.15, -0.1) is 0 Å². The lowest BCUT2D eigenvalue weighted by Crippen LogP contribution is -2.30. The molecule has 1 amide bonds. The molecule has 0 radical (unpaired) electrons. The second kappa shape index (κ2) is 9.60. The summed E-state index contributed by atoms with van der Waals surface area (Å²) in [4.78, 5) is 12.0. The SMILES string of the molecule is CCCCOc1ccc(C(CC)NC(=O)Oc2ccccc2)cc1. The lowest BCUT2D eigenvalue weighted by Gasteiger charge is -2.17. The minimum absolute atomic E-state index is 0.0918. The molecular weight excluding hydrogens is 302 g/mol. The van der Waals surface area contributed by atoms with Crippen LogP contribution in [0.3, 0.4) is 0 Å². The number of carbonyl (C=O) groups excluding carboxylic acids is 1. The molecule has 0 fully saturated rings. The van der Waals surface area contributed by atoms with Gasteiger partial charge < -0.3 is 14.8 Å². The van der Waals surface area contributed by atoms with Gasteiger partial charge in [-0.05, 0) is 42.7 Å². The summed E-state index contributed by atoms with van der Waals surface area (Å²) >= 11 is 0. The van der Waals surface area contributed by atoms with Crippen molar-refractivity contribution in [3.63, 3.8) is 0 Å². The van der Waals surface area contributed by atoms with E-state index in [-0.39, 0.29) is 6.04 Å². The Kier molecular flexibility index (Phi) is 7.15. The number of unbranched alkanes of at least 4 members (excludes halogenated alkanes) is 1. The van der Waals surface area contributed by atoms with Crippen molar-refractivity contribution in [2.45, 2.75) is 39.2 Å². The predicted octanol–water partition coefficient (Wildman–Crippen LogP) is 5.11. The molecule has 0 bridgehead atoms. The second-order valence-corrected chi connectivity index (χ2v) is 5.58. The van der Waals surface area contributed by atoms with Crippen LogP contribution in [0.1, 0.15) is 44.7 Å². The molecule has 1 N–H and O–H groups in total. The molecular formula is C20H25NO3. The lowest BCUT2D eigenvalue weighted by molar-refractivity contribution is 0.195. The molecule has 2 rings (SSSR count). The van der Waals surface area contributed by atoms with Gasteiger partial charge in [-0.1, -0.05) is 50.6 Å². The normalized spacial score (nSPS) is 11.6. The van der Waals surface area contributed by atoms with Crippen LogP contribution >= 0.6 is 0 Å². The predicted molar refractivity (Wildman–Crippen MR) is 95.5 cm³/mol. The average Bonchev–Trinajstić information content (AvgIpc) is 2.61. The number of amides is 1. The fraction of sp³-hybridized carbons (Fsp3) is 0.350. The Bertz CT molecular complexity index is 611. The Morgan fingerprint density at radius 1 is 1.00 bits per heavy atom. The number of benzene rings is 2. The van der Waals surface area contributed by atoms with E-state index in [1.165, 1.54) is 0 Å². The van der Waals surface area contributed by atoms with Crippen LogP contribution in [0, 0.1) is 0 Å². The van der Waals surface area contributed by atoms with E-state index in [2.05, 4.69) is 12.2 Å². The van der Waals surface area contributed by atoms with Crippen LogP contribution in [0.25, 0.3) is 0 Å². The molecule has 0 aliphatic rings. The van der Waals surface area contributed by atoms with Crippen LogP contribution in [-0.4, -0.2) is 12.7 Å². The maximum atomic E-state index is 12.0. The Balaban J connectivity index is 1.91. The number of carbonyl (C=O) groups is 1. The van der Waals surface area contributed by atoms with Gasteiger partial charge in [-0.25, -0.2) is 4.79 Å². The molecule has 0 aromatic heterocycles. The lowest BCUT2D eigenvalue weighted by atomic mass is 10.0. The van der Waals surface area contributed by atoms with Crippen molar-refractivity contribution < 1.29 is 14.3 Å². The van der Waals surface area contributed by atoms with Crippen LogP contribution in [0.4, 0.5) is 4.79 Å². The molecule has 0 aliphatic carbocycles. The highest BCUT2D eigenvalue weighted by Crippen LogP contribution is 2.21. The Labute approximate surface area is 143 Å². The smallest absolute Gasteiger partial charge is 0.413 e. The zero-order valence-electron chi connectivity index (χ0n) is 14.3.